The van der Waals surface area contributed by atoms with Crippen molar-refractivity contribution in [2.24, 2.45) is 4.99 Å². The van der Waals surface area contributed by atoms with Crippen molar-refractivity contribution in [3.63, 3.8) is 0 Å². The molecule has 0 heterocycles. The summed E-state index contributed by atoms with van der Waals surface area (Å²) in [5.41, 5.74) is 0.473. The number of rotatable bonds is 5. The van der Waals surface area contributed by atoms with Gasteiger partial charge in [0, 0.05) is 24.4 Å². The Bertz CT molecular complexity index is 562. The van der Waals surface area contributed by atoms with Crippen LogP contribution in [0.3, 0.4) is 0 Å². The molecule has 0 aliphatic rings. The minimum atomic E-state index is -1.17. The molecular weight excluding hydrogens is 249 g/mol. The Morgan fingerprint density at radius 3 is 2.68 bits per heavy atom. The van der Waals surface area contributed by atoms with Gasteiger partial charge in [0.05, 0.1) is 12.7 Å². The summed E-state index contributed by atoms with van der Waals surface area (Å²) < 4.78 is 18.5. The van der Waals surface area contributed by atoms with Gasteiger partial charge in [0.2, 0.25) is 0 Å². The molecule has 19 heavy (non-hydrogen) atoms. The van der Waals surface area contributed by atoms with Gasteiger partial charge in [0.1, 0.15) is 11.6 Å². The monoisotopic (exact) mass is 263 g/mol. The molecule has 1 N–H and O–H groups in total. The van der Waals surface area contributed by atoms with Crippen LogP contribution in [0.15, 0.2) is 41.4 Å². The van der Waals surface area contributed by atoms with Gasteiger partial charge >= 0.3 is 5.97 Å². The smallest absolute Gasteiger partial charge is 0.336 e. The van der Waals surface area contributed by atoms with Crippen LogP contribution in [0, 0.1) is 5.82 Å². The predicted molar refractivity (Wildman–Crippen MR) is 72.1 cm³/mol. The number of ether oxygens (including phenoxy) is 1. The number of benzene rings is 1. The lowest BCUT2D eigenvalue weighted by Crippen LogP contribution is -2.04. The van der Waals surface area contributed by atoms with E-state index in [4.69, 9.17) is 9.84 Å². The molecule has 0 radical (unpaired) electrons. The van der Waals surface area contributed by atoms with E-state index in [1.807, 2.05) is 0 Å². The molecule has 1 aromatic carbocycles. The lowest BCUT2D eigenvalue weighted by atomic mass is 9.99. The molecule has 0 aliphatic carbocycles. The highest BCUT2D eigenvalue weighted by molar-refractivity contribution is 6.19. The minimum Gasteiger partial charge on any atom is -0.496 e. The molecule has 0 saturated carbocycles. The molecule has 0 aromatic heterocycles. The van der Waals surface area contributed by atoms with Gasteiger partial charge in [-0.2, -0.15) is 0 Å². The number of aliphatic carboxylic acids is 1. The highest BCUT2D eigenvalue weighted by Crippen LogP contribution is 2.28. The minimum absolute atomic E-state index is 0.0745. The van der Waals surface area contributed by atoms with Gasteiger partial charge in [0.25, 0.3) is 0 Å². The summed E-state index contributed by atoms with van der Waals surface area (Å²) in [6.45, 7) is 3.45. The van der Waals surface area contributed by atoms with Crippen molar-refractivity contribution in [2.75, 3.05) is 14.2 Å². The van der Waals surface area contributed by atoms with Crippen molar-refractivity contribution in [2.45, 2.75) is 0 Å². The van der Waals surface area contributed by atoms with Crippen molar-refractivity contribution in [1.82, 2.24) is 0 Å². The van der Waals surface area contributed by atoms with Crippen LogP contribution in [0.1, 0.15) is 5.56 Å². The molecule has 1 rings (SSSR count). The van der Waals surface area contributed by atoms with Gasteiger partial charge in [-0.25, -0.2) is 9.18 Å². The highest BCUT2D eigenvalue weighted by atomic mass is 19.1. The van der Waals surface area contributed by atoms with Crippen LogP contribution in [0.5, 0.6) is 5.75 Å². The molecule has 0 unspecified atom stereocenters. The van der Waals surface area contributed by atoms with Crippen molar-refractivity contribution in [3.8, 4) is 5.75 Å². The number of nitrogens with zero attached hydrogens (tertiary/aromatic N) is 1. The number of carboxylic acids is 1. The van der Waals surface area contributed by atoms with Crippen LogP contribution < -0.4 is 4.74 Å². The largest absolute Gasteiger partial charge is 0.496 e. The molecule has 0 amide bonds. The number of hydrogen-bond acceptors (Lipinski definition) is 3. The molecule has 5 heteroatoms. The first-order valence-corrected chi connectivity index (χ1v) is 5.41. The number of aliphatic imine (C=N–C) groups is 1. The number of halogens is 1. The Hall–Kier alpha value is -2.43. The van der Waals surface area contributed by atoms with E-state index in [1.165, 1.54) is 44.6 Å². The van der Waals surface area contributed by atoms with Gasteiger partial charge in [0.15, 0.2) is 0 Å². The summed E-state index contributed by atoms with van der Waals surface area (Å²) in [6.07, 6.45) is 2.52. The fourth-order valence-electron chi connectivity index (χ4n) is 1.62. The average molecular weight is 263 g/mol. The summed E-state index contributed by atoms with van der Waals surface area (Å²) in [5, 5.41) is 9.14. The van der Waals surface area contributed by atoms with Crippen LogP contribution in [0.2, 0.25) is 0 Å². The second-order valence-corrected chi connectivity index (χ2v) is 3.57. The third kappa shape index (κ3) is 3.28. The zero-order chi connectivity index (χ0) is 14.4. The molecular formula is C14H14FNO3. The van der Waals surface area contributed by atoms with Crippen LogP contribution in [-0.4, -0.2) is 31.4 Å². The molecule has 0 bridgehead atoms. The second-order valence-electron chi connectivity index (χ2n) is 3.57. The van der Waals surface area contributed by atoms with Crippen molar-refractivity contribution in [3.05, 3.63) is 47.8 Å². The Labute approximate surface area is 110 Å². The molecule has 1 aromatic rings. The van der Waals surface area contributed by atoms with Crippen molar-refractivity contribution in [1.29, 1.82) is 0 Å². The van der Waals surface area contributed by atoms with E-state index < -0.39 is 11.8 Å². The standard InChI is InChI=1S/C14H14FNO3/c1-4-10(14(17)18)12(8-16-2)11-7-9(15)5-6-13(11)19-3/h4-8H,1H2,2-3H3,(H,17,18)/b12-10-,16-8?. The molecule has 100 valence electrons. The van der Waals surface area contributed by atoms with Crippen molar-refractivity contribution >= 4 is 17.8 Å². The predicted octanol–water partition coefficient (Wildman–Crippen LogP) is 2.56. The molecule has 0 aliphatic heterocycles. The zero-order valence-corrected chi connectivity index (χ0v) is 10.7. The Morgan fingerprint density at radius 2 is 2.21 bits per heavy atom. The van der Waals surface area contributed by atoms with Crippen LogP contribution in [0.4, 0.5) is 4.39 Å². The maximum atomic E-state index is 13.4. The maximum absolute atomic E-state index is 13.4. The first kappa shape index (κ1) is 14.6. The molecule has 0 atom stereocenters. The van der Waals surface area contributed by atoms with E-state index in [2.05, 4.69) is 11.6 Å². The summed E-state index contributed by atoms with van der Waals surface area (Å²) in [7, 11) is 2.92. The van der Waals surface area contributed by atoms with E-state index >= 15 is 0 Å². The number of hydrogen-bond donors (Lipinski definition) is 1. The lowest BCUT2D eigenvalue weighted by Gasteiger charge is -2.11. The van der Waals surface area contributed by atoms with Gasteiger partial charge in [-0.1, -0.05) is 12.7 Å². The fraction of sp³-hybridized carbons (Fsp3) is 0.143. The Balaban J connectivity index is 3.64. The van der Waals surface area contributed by atoms with E-state index in [0.717, 1.165) is 0 Å². The molecule has 4 nitrogen and oxygen atoms in total. The summed E-state index contributed by atoms with van der Waals surface area (Å²) in [4.78, 5) is 15.0. The molecule has 0 fully saturated rings. The van der Waals surface area contributed by atoms with Crippen molar-refractivity contribution < 1.29 is 19.0 Å². The highest BCUT2D eigenvalue weighted by Gasteiger charge is 2.16. The second kappa shape index (κ2) is 6.49. The molecule has 0 spiro atoms. The van der Waals surface area contributed by atoms with Gasteiger partial charge in [-0.15, -0.1) is 0 Å². The van der Waals surface area contributed by atoms with E-state index in [9.17, 15) is 9.18 Å². The number of allylic oxidation sites excluding steroid dienone is 1. The van der Waals surface area contributed by atoms with E-state index in [0.29, 0.717) is 11.3 Å². The number of carbonyl (C=O) groups is 1. The normalized spacial score (nSPS) is 12.2. The maximum Gasteiger partial charge on any atom is 0.336 e. The number of carboxylic acid groups (broad SMARTS) is 1. The summed E-state index contributed by atoms with van der Waals surface area (Å²) in [5.74, 6) is -1.31. The van der Waals surface area contributed by atoms with Gasteiger partial charge in [-0.3, -0.25) is 4.99 Å². The average Bonchev–Trinajstić information content (AvgIpc) is 2.38. The van der Waals surface area contributed by atoms with Gasteiger partial charge in [-0.05, 0) is 18.2 Å². The van der Waals surface area contributed by atoms with Crippen LogP contribution in [0.25, 0.3) is 5.57 Å². The van der Waals surface area contributed by atoms with E-state index in [-0.39, 0.29) is 11.1 Å². The van der Waals surface area contributed by atoms with Gasteiger partial charge < -0.3 is 9.84 Å². The first-order chi connectivity index (χ1) is 9.04. The van der Waals surface area contributed by atoms with E-state index in [1.54, 1.807) is 0 Å². The Morgan fingerprint density at radius 1 is 1.53 bits per heavy atom. The first-order valence-electron chi connectivity index (χ1n) is 5.41. The fourth-order valence-corrected chi connectivity index (χ4v) is 1.62. The number of methoxy groups -OCH3 is 1. The van der Waals surface area contributed by atoms with Crippen LogP contribution >= 0.6 is 0 Å². The summed E-state index contributed by atoms with van der Waals surface area (Å²) in [6, 6.07) is 3.86. The third-order valence-corrected chi connectivity index (χ3v) is 2.43. The molecule has 0 saturated heterocycles. The van der Waals surface area contributed by atoms with Crippen LogP contribution in [-0.2, 0) is 4.79 Å². The lowest BCUT2D eigenvalue weighted by molar-refractivity contribution is -0.132. The topological polar surface area (TPSA) is 58.9 Å². The SMILES string of the molecule is C=C/C(C(=O)O)=C(\C=NC)c1cc(F)ccc1OC. The summed E-state index contributed by atoms with van der Waals surface area (Å²) >= 11 is 0. The Kier molecular flexibility index (Phi) is 5.00. The zero-order valence-electron chi connectivity index (χ0n) is 10.7. The quantitative estimate of drug-likeness (QED) is 0.504. The third-order valence-electron chi connectivity index (χ3n) is 2.43.